The Labute approximate surface area is 86.2 Å². The zero-order valence-corrected chi connectivity index (χ0v) is 10.1. The number of likely N-dealkylation sites (N-methyl/N-ethyl adjacent to an activating group) is 1. The molecule has 1 fully saturated rings. The van der Waals surface area contributed by atoms with E-state index in [1.54, 1.807) is 0 Å². The van der Waals surface area contributed by atoms with Crippen LogP contribution in [-0.2, 0) is 4.74 Å². The molecule has 1 atom stereocenters. The van der Waals surface area contributed by atoms with Crippen LogP contribution < -0.4 is 17.0 Å². The van der Waals surface area contributed by atoms with E-state index in [-0.39, 0.29) is 22.6 Å². The zero-order chi connectivity index (χ0) is 8.54. The summed E-state index contributed by atoms with van der Waals surface area (Å²) in [6.45, 7) is 11.0. The van der Waals surface area contributed by atoms with Crippen LogP contribution in [-0.4, -0.2) is 43.4 Å². The maximum Gasteiger partial charge on any atom is 0.112 e. The van der Waals surface area contributed by atoms with E-state index >= 15 is 0 Å². The number of ether oxygens (including phenoxy) is 1. The molecule has 1 rings (SSSR count). The van der Waals surface area contributed by atoms with E-state index in [2.05, 4.69) is 27.8 Å². The average Bonchev–Trinajstić information content (AvgIpc) is 1.85. The number of hydrogen-bond acceptors (Lipinski definition) is 1. The maximum atomic E-state index is 5.65. The fourth-order valence-electron chi connectivity index (χ4n) is 1.86. The van der Waals surface area contributed by atoms with Crippen molar-refractivity contribution in [2.24, 2.45) is 0 Å². The van der Waals surface area contributed by atoms with Crippen molar-refractivity contribution in [2.75, 3.05) is 33.3 Å². The van der Waals surface area contributed by atoms with Crippen molar-refractivity contribution in [1.29, 1.82) is 0 Å². The number of quaternary nitrogens is 1. The van der Waals surface area contributed by atoms with Gasteiger partial charge in [-0.3, -0.25) is 0 Å². The largest absolute Gasteiger partial charge is 1.00 e. The van der Waals surface area contributed by atoms with E-state index in [9.17, 15) is 0 Å². The van der Waals surface area contributed by atoms with Gasteiger partial charge in [-0.25, -0.2) is 0 Å². The molecule has 2 nitrogen and oxygen atoms in total. The topological polar surface area (TPSA) is 9.23 Å². The maximum absolute atomic E-state index is 5.65. The Kier molecular flexibility index (Phi) is 4.21. The van der Waals surface area contributed by atoms with Gasteiger partial charge in [0.05, 0.1) is 20.2 Å². The van der Waals surface area contributed by atoms with Gasteiger partial charge in [-0.1, -0.05) is 0 Å². The van der Waals surface area contributed by atoms with Crippen molar-refractivity contribution in [1.82, 2.24) is 0 Å². The molecule has 0 saturated carbocycles. The molecule has 0 aromatic carbocycles. The fraction of sp³-hybridized carbons (Fsp3) is 1.00. The third-order valence-corrected chi connectivity index (χ3v) is 2.65. The van der Waals surface area contributed by atoms with Gasteiger partial charge in [-0.15, -0.1) is 0 Å². The molecule has 0 amide bonds. The van der Waals surface area contributed by atoms with Crippen LogP contribution in [0.5, 0.6) is 0 Å². The van der Waals surface area contributed by atoms with Crippen molar-refractivity contribution in [3.05, 3.63) is 0 Å². The Morgan fingerprint density at radius 3 is 2.33 bits per heavy atom. The molecule has 0 bridgehead atoms. The molecule has 12 heavy (non-hydrogen) atoms. The molecular weight excluding hydrogens is 218 g/mol. The van der Waals surface area contributed by atoms with Crippen molar-refractivity contribution in [3.63, 3.8) is 0 Å². The van der Waals surface area contributed by atoms with Crippen molar-refractivity contribution in [2.45, 2.75) is 26.4 Å². The van der Waals surface area contributed by atoms with Gasteiger partial charge >= 0.3 is 0 Å². The first-order valence-corrected chi connectivity index (χ1v) is 4.45. The first-order chi connectivity index (χ1) is 4.97. The lowest BCUT2D eigenvalue weighted by atomic mass is 10.1. The van der Waals surface area contributed by atoms with Crippen LogP contribution in [0, 0.1) is 0 Å². The molecule has 0 spiro atoms. The van der Waals surface area contributed by atoms with Gasteiger partial charge < -0.3 is 26.2 Å². The normalized spacial score (nSPS) is 34.0. The molecule has 3 heteroatoms. The number of morpholine rings is 1. The highest BCUT2D eigenvalue weighted by atomic mass is 79.9. The second-order valence-corrected chi connectivity index (χ2v) is 4.43. The molecule has 1 aliphatic rings. The molecule has 0 radical (unpaired) electrons. The summed E-state index contributed by atoms with van der Waals surface area (Å²) in [6, 6.07) is 0. The predicted molar refractivity (Wildman–Crippen MR) is 46.5 cm³/mol. The summed E-state index contributed by atoms with van der Waals surface area (Å²) >= 11 is 0. The highest BCUT2D eigenvalue weighted by molar-refractivity contribution is 4.71. The zero-order valence-electron chi connectivity index (χ0n) is 8.56. The minimum atomic E-state index is 0. The van der Waals surface area contributed by atoms with Gasteiger partial charge in [0.25, 0.3) is 0 Å². The quantitative estimate of drug-likeness (QED) is 0.493. The highest BCUT2D eigenvalue weighted by Gasteiger charge is 2.35. The van der Waals surface area contributed by atoms with E-state index in [4.69, 9.17) is 4.74 Å². The lowest BCUT2D eigenvalue weighted by Gasteiger charge is -2.44. The SMILES string of the molecule is CC[N+]1(C)CCOC(C)(C)C1.[Br-]. The number of nitrogens with zero attached hydrogens (tertiary/aromatic N) is 1. The van der Waals surface area contributed by atoms with Gasteiger partial charge in [0.2, 0.25) is 0 Å². The molecule has 0 aromatic rings. The van der Waals surface area contributed by atoms with Gasteiger partial charge in [0.15, 0.2) is 0 Å². The van der Waals surface area contributed by atoms with E-state index in [1.165, 1.54) is 13.1 Å². The Balaban J connectivity index is 0.00000121. The molecular formula is C9H20BrNO. The van der Waals surface area contributed by atoms with Gasteiger partial charge in [-0.05, 0) is 20.8 Å². The molecule has 1 unspecified atom stereocenters. The van der Waals surface area contributed by atoms with Crippen LogP contribution in [0.3, 0.4) is 0 Å². The van der Waals surface area contributed by atoms with Crippen molar-refractivity contribution >= 4 is 0 Å². The summed E-state index contributed by atoms with van der Waals surface area (Å²) in [4.78, 5) is 0. The molecule has 1 aliphatic heterocycles. The summed E-state index contributed by atoms with van der Waals surface area (Å²) in [5.74, 6) is 0. The molecule has 0 aromatic heterocycles. The second kappa shape index (κ2) is 4.07. The van der Waals surface area contributed by atoms with E-state index in [0.29, 0.717) is 0 Å². The summed E-state index contributed by atoms with van der Waals surface area (Å²) in [5.41, 5.74) is 0.0863. The Bertz CT molecular complexity index is 149. The summed E-state index contributed by atoms with van der Waals surface area (Å²) < 4.78 is 6.81. The third-order valence-electron chi connectivity index (χ3n) is 2.65. The minimum absolute atomic E-state index is 0. The monoisotopic (exact) mass is 237 g/mol. The van der Waals surface area contributed by atoms with E-state index < -0.39 is 0 Å². The lowest BCUT2D eigenvalue weighted by molar-refractivity contribution is -0.922. The van der Waals surface area contributed by atoms with Crippen LogP contribution in [0.25, 0.3) is 0 Å². The van der Waals surface area contributed by atoms with Gasteiger partial charge in [0.1, 0.15) is 18.7 Å². The molecule has 1 heterocycles. The molecule has 0 N–H and O–H groups in total. The lowest BCUT2D eigenvalue weighted by Crippen LogP contribution is -3.00. The van der Waals surface area contributed by atoms with Crippen LogP contribution >= 0.6 is 0 Å². The molecule has 1 saturated heterocycles. The third kappa shape index (κ3) is 3.04. The fourth-order valence-corrected chi connectivity index (χ4v) is 1.86. The van der Waals surface area contributed by atoms with Crippen LogP contribution in [0.1, 0.15) is 20.8 Å². The Hall–Kier alpha value is 0.400. The van der Waals surface area contributed by atoms with E-state index in [1.807, 2.05) is 0 Å². The Morgan fingerprint density at radius 2 is 2.00 bits per heavy atom. The minimum Gasteiger partial charge on any atom is -1.00 e. The Morgan fingerprint density at radius 1 is 1.42 bits per heavy atom. The highest BCUT2D eigenvalue weighted by Crippen LogP contribution is 2.20. The summed E-state index contributed by atoms with van der Waals surface area (Å²) in [5, 5.41) is 0. The second-order valence-electron chi connectivity index (χ2n) is 4.43. The summed E-state index contributed by atoms with van der Waals surface area (Å²) in [6.07, 6.45) is 0. The van der Waals surface area contributed by atoms with Crippen molar-refractivity contribution in [3.8, 4) is 0 Å². The molecule has 0 aliphatic carbocycles. The van der Waals surface area contributed by atoms with Crippen LogP contribution in [0.15, 0.2) is 0 Å². The van der Waals surface area contributed by atoms with E-state index in [0.717, 1.165) is 17.6 Å². The van der Waals surface area contributed by atoms with Crippen LogP contribution in [0.4, 0.5) is 0 Å². The van der Waals surface area contributed by atoms with Crippen LogP contribution in [0.2, 0.25) is 0 Å². The smallest absolute Gasteiger partial charge is 0.112 e. The standard InChI is InChI=1S/C9H20NO.BrH/c1-5-10(4)6-7-11-9(2,3)8-10;/h5-8H2,1-4H3;1H/q+1;/p-1. The first-order valence-electron chi connectivity index (χ1n) is 4.45. The average molecular weight is 238 g/mol. The number of hydrogen-bond donors (Lipinski definition) is 0. The number of rotatable bonds is 1. The predicted octanol–water partition coefficient (Wildman–Crippen LogP) is -1.73. The summed E-state index contributed by atoms with van der Waals surface area (Å²) in [7, 11) is 2.31. The van der Waals surface area contributed by atoms with Crippen molar-refractivity contribution < 1.29 is 26.2 Å². The van der Waals surface area contributed by atoms with Gasteiger partial charge in [-0.2, -0.15) is 0 Å². The number of halogens is 1. The molecule has 74 valence electrons. The first kappa shape index (κ1) is 12.4. The van der Waals surface area contributed by atoms with Gasteiger partial charge in [0, 0.05) is 0 Å².